The lowest BCUT2D eigenvalue weighted by atomic mass is 9.99. The predicted octanol–water partition coefficient (Wildman–Crippen LogP) is 3.47. The standard InChI is InChI=1S/C17H27NO3/c1-11(2)10-13-12(3)21-17(18(13)4)16-14(19-5)8-7-9-15(16)20-6/h7-9,11-13,17H,10H2,1-6H3/t12-,13?,17?/m0/s1. The van der Waals surface area contributed by atoms with Crippen LogP contribution in [0.3, 0.4) is 0 Å². The Morgan fingerprint density at radius 1 is 1.19 bits per heavy atom. The number of nitrogens with zero attached hydrogens (tertiary/aromatic N) is 1. The van der Waals surface area contributed by atoms with Gasteiger partial charge in [-0.2, -0.15) is 0 Å². The van der Waals surface area contributed by atoms with E-state index >= 15 is 0 Å². The Morgan fingerprint density at radius 3 is 2.24 bits per heavy atom. The van der Waals surface area contributed by atoms with Crippen LogP contribution in [0.1, 0.15) is 39.0 Å². The molecule has 1 heterocycles. The Kier molecular flexibility index (Phi) is 5.12. The molecule has 0 N–H and O–H groups in total. The highest BCUT2D eigenvalue weighted by Crippen LogP contribution is 2.43. The average molecular weight is 293 g/mol. The Labute approximate surface area is 128 Å². The topological polar surface area (TPSA) is 30.9 Å². The fraction of sp³-hybridized carbons (Fsp3) is 0.647. The van der Waals surface area contributed by atoms with Crippen LogP contribution in [-0.4, -0.2) is 38.3 Å². The Morgan fingerprint density at radius 2 is 1.76 bits per heavy atom. The van der Waals surface area contributed by atoms with Crippen molar-refractivity contribution in [2.75, 3.05) is 21.3 Å². The molecule has 2 unspecified atom stereocenters. The molecule has 1 fully saturated rings. The molecule has 0 saturated carbocycles. The zero-order chi connectivity index (χ0) is 15.6. The maximum Gasteiger partial charge on any atom is 0.144 e. The summed E-state index contributed by atoms with van der Waals surface area (Å²) in [6.45, 7) is 6.64. The number of hydrogen-bond donors (Lipinski definition) is 0. The van der Waals surface area contributed by atoms with Crippen molar-refractivity contribution in [2.45, 2.75) is 45.6 Å². The van der Waals surface area contributed by atoms with E-state index in [0.717, 1.165) is 23.5 Å². The molecule has 0 spiro atoms. The summed E-state index contributed by atoms with van der Waals surface area (Å²) in [4.78, 5) is 2.30. The molecule has 1 aliphatic heterocycles. The molecule has 0 amide bonds. The van der Waals surface area contributed by atoms with E-state index in [1.165, 1.54) is 0 Å². The number of likely N-dealkylation sites (N-methyl/N-ethyl adjacent to an activating group) is 1. The molecule has 21 heavy (non-hydrogen) atoms. The van der Waals surface area contributed by atoms with Gasteiger partial charge in [-0.15, -0.1) is 0 Å². The van der Waals surface area contributed by atoms with Gasteiger partial charge in [0.1, 0.15) is 17.7 Å². The van der Waals surface area contributed by atoms with Gasteiger partial charge in [0.05, 0.1) is 25.9 Å². The number of ether oxygens (including phenoxy) is 3. The highest BCUT2D eigenvalue weighted by atomic mass is 16.5. The lowest BCUT2D eigenvalue weighted by molar-refractivity contribution is 0.0100. The van der Waals surface area contributed by atoms with Gasteiger partial charge in [-0.05, 0) is 38.4 Å². The van der Waals surface area contributed by atoms with Crippen LogP contribution in [0.5, 0.6) is 11.5 Å². The van der Waals surface area contributed by atoms with E-state index in [0.29, 0.717) is 12.0 Å². The lowest BCUT2D eigenvalue weighted by Gasteiger charge is -2.27. The van der Waals surface area contributed by atoms with Gasteiger partial charge in [-0.1, -0.05) is 19.9 Å². The first kappa shape index (κ1) is 16.1. The third-order valence-electron chi connectivity index (χ3n) is 4.20. The summed E-state index contributed by atoms with van der Waals surface area (Å²) in [7, 11) is 5.48. The average Bonchev–Trinajstić information content (AvgIpc) is 2.73. The SMILES string of the molecule is COc1cccc(OC)c1C1O[C@@H](C)C(CC(C)C)N1C. The Bertz CT molecular complexity index is 453. The third kappa shape index (κ3) is 3.16. The molecule has 118 valence electrons. The summed E-state index contributed by atoms with van der Waals surface area (Å²) in [5.41, 5.74) is 0.975. The van der Waals surface area contributed by atoms with E-state index < -0.39 is 0 Å². The van der Waals surface area contributed by atoms with Crippen LogP contribution in [-0.2, 0) is 4.74 Å². The van der Waals surface area contributed by atoms with Gasteiger partial charge in [0.2, 0.25) is 0 Å². The summed E-state index contributed by atoms with van der Waals surface area (Å²) in [6, 6.07) is 6.25. The van der Waals surface area contributed by atoms with Gasteiger partial charge in [0.15, 0.2) is 0 Å². The minimum Gasteiger partial charge on any atom is -0.496 e. The van der Waals surface area contributed by atoms with Crippen LogP contribution >= 0.6 is 0 Å². The van der Waals surface area contributed by atoms with Crippen LogP contribution < -0.4 is 9.47 Å². The fourth-order valence-electron chi connectivity index (χ4n) is 3.13. The van der Waals surface area contributed by atoms with Crippen molar-refractivity contribution in [3.63, 3.8) is 0 Å². The zero-order valence-electron chi connectivity index (χ0n) is 13.9. The number of methoxy groups -OCH3 is 2. The maximum atomic E-state index is 6.22. The summed E-state index contributed by atoms with van der Waals surface area (Å²) in [5.74, 6) is 2.26. The van der Waals surface area contributed by atoms with E-state index in [1.807, 2.05) is 18.2 Å². The summed E-state index contributed by atoms with van der Waals surface area (Å²) in [6.07, 6.45) is 1.18. The molecule has 4 heteroatoms. The largest absolute Gasteiger partial charge is 0.496 e. The van der Waals surface area contributed by atoms with Gasteiger partial charge in [-0.3, -0.25) is 4.90 Å². The molecule has 1 saturated heterocycles. The molecule has 1 aliphatic rings. The second-order valence-electron chi connectivity index (χ2n) is 6.13. The van der Waals surface area contributed by atoms with Crippen molar-refractivity contribution in [1.29, 1.82) is 0 Å². The van der Waals surface area contributed by atoms with Gasteiger partial charge >= 0.3 is 0 Å². The zero-order valence-corrected chi connectivity index (χ0v) is 13.9. The Balaban J connectivity index is 2.35. The van der Waals surface area contributed by atoms with Gasteiger partial charge in [0.25, 0.3) is 0 Å². The van der Waals surface area contributed by atoms with Crippen LogP contribution in [0.25, 0.3) is 0 Å². The van der Waals surface area contributed by atoms with Crippen molar-refractivity contribution in [2.24, 2.45) is 5.92 Å². The van der Waals surface area contributed by atoms with Crippen molar-refractivity contribution in [1.82, 2.24) is 4.90 Å². The molecule has 0 aliphatic carbocycles. The predicted molar refractivity (Wildman–Crippen MR) is 83.8 cm³/mol. The minimum absolute atomic E-state index is 0.130. The molecule has 1 aromatic carbocycles. The molecule has 0 aromatic heterocycles. The third-order valence-corrected chi connectivity index (χ3v) is 4.20. The quantitative estimate of drug-likeness (QED) is 0.832. The fourth-order valence-corrected chi connectivity index (χ4v) is 3.13. The first-order valence-corrected chi connectivity index (χ1v) is 7.57. The van der Waals surface area contributed by atoms with Crippen molar-refractivity contribution in [3.05, 3.63) is 23.8 Å². The van der Waals surface area contributed by atoms with E-state index in [-0.39, 0.29) is 12.3 Å². The summed E-state index contributed by atoms with van der Waals surface area (Å²) < 4.78 is 17.3. The van der Waals surface area contributed by atoms with Gasteiger partial charge in [0, 0.05) is 6.04 Å². The minimum atomic E-state index is -0.130. The molecule has 0 radical (unpaired) electrons. The molecule has 1 aromatic rings. The smallest absolute Gasteiger partial charge is 0.144 e. The van der Waals surface area contributed by atoms with Crippen LogP contribution in [0.4, 0.5) is 0 Å². The second kappa shape index (κ2) is 6.67. The summed E-state index contributed by atoms with van der Waals surface area (Å²) >= 11 is 0. The lowest BCUT2D eigenvalue weighted by Crippen LogP contribution is -2.33. The molecule has 4 nitrogen and oxygen atoms in total. The van der Waals surface area contributed by atoms with Crippen molar-refractivity contribution >= 4 is 0 Å². The van der Waals surface area contributed by atoms with Gasteiger partial charge in [-0.25, -0.2) is 0 Å². The molecular weight excluding hydrogens is 266 g/mol. The highest BCUT2D eigenvalue weighted by Gasteiger charge is 2.40. The monoisotopic (exact) mass is 293 g/mol. The maximum absolute atomic E-state index is 6.22. The first-order valence-electron chi connectivity index (χ1n) is 7.57. The number of rotatable bonds is 5. The molecule has 3 atom stereocenters. The Hall–Kier alpha value is -1.26. The normalized spacial score (nSPS) is 26.3. The number of hydrogen-bond acceptors (Lipinski definition) is 4. The molecule has 2 rings (SSSR count). The molecule has 0 bridgehead atoms. The number of benzene rings is 1. The van der Waals surface area contributed by atoms with Crippen LogP contribution in [0.15, 0.2) is 18.2 Å². The van der Waals surface area contributed by atoms with E-state index in [1.54, 1.807) is 14.2 Å². The second-order valence-corrected chi connectivity index (χ2v) is 6.13. The van der Waals surface area contributed by atoms with E-state index in [9.17, 15) is 0 Å². The van der Waals surface area contributed by atoms with Crippen molar-refractivity contribution in [3.8, 4) is 11.5 Å². The van der Waals surface area contributed by atoms with E-state index in [4.69, 9.17) is 14.2 Å². The van der Waals surface area contributed by atoms with Crippen LogP contribution in [0, 0.1) is 5.92 Å². The summed E-state index contributed by atoms with van der Waals surface area (Å²) in [5, 5.41) is 0. The van der Waals surface area contributed by atoms with E-state index in [2.05, 4.69) is 32.7 Å². The molecular formula is C17H27NO3. The van der Waals surface area contributed by atoms with Gasteiger partial charge < -0.3 is 14.2 Å². The van der Waals surface area contributed by atoms with Crippen LogP contribution in [0.2, 0.25) is 0 Å². The van der Waals surface area contributed by atoms with Crippen molar-refractivity contribution < 1.29 is 14.2 Å². The highest BCUT2D eigenvalue weighted by molar-refractivity contribution is 5.46. The first-order chi connectivity index (χ1) is 9.99.